The molecule has 0 N–H and O–H groups in total. The maximum absolute atomic E-state index is 12.0. The number of hydrogen-bond donors (Lipinski definition) is 0. The molecular weight excluding hydrogens is 270 g/mol. The number of benzene rings is 2. The van der Waals surface area contributed by atoms with Crippen molar-refractivity contribution in [3.8, 4) is 11.5 Å². The summed E-state index contributed by atoms with van der Waals surface area (Å²) in [5, 5.41) is 1.39. The zero-order chi connectivity index (χ0) is 15.2. The van der Waals surface area contributed by atoms with Crippen LogP contribution in [-0.2, 0) is 4.84 Å². The van der Waals surface area contributed by atoms with Gasteiger partial charge >= 0.3 is 5.97 Å². The smallest absolute Gasteiger partial charge is 0.363 e. The van der Waals surface area contributed by atoms with E-state index in [0.717, 1.165) is 0 Å². The Hall–Kier alpha value is -2.69. The van der Waals surface area contributed by atoms with Crippen molar-refractivity contribution in [2.24, 2.45) is 0 Å². The van der Waals surface area contributed by atoms with Crippen molar-refractivity contribution < 1.29 is 19.1 Å². The van der Waals surface area contributed by atoms with E-state index in [4.69, 9.17) is 14.3 Å². The average Bonchev–Trinajstić information content (AvgIpc) is 2.54. The van der Waals surface area contributed by atoms with Crippen molar-refractivity contribution in [3.63, 3.8) is 0 Å². The molecule has 0 aliphatic rings. The Morgan fingerprint density at radius 2 is 1.62 bits per heavy atom. The molecule has 0 saturated heterocycles. The van der Waals surface area contributed by atoms with Crippen LogP contribution >= 0.6 is 0 Å². The lowest BCUT2D eigenvalue weighted by Crippen LogP contribution is -2.22. The van der Waals surface area contributed by atoms with Gasteiger partial charge < -0.3 is 14.3 Å². The average molecular weight is 287 g/mol. The normalized spacial score (nSPS) is 9.86. The van der Waals surface area contributed by atoms with Crippen molar-refractivity contribution in [2.45, 2.75) is 0 Å². The Kier molecular flexibility index (Phi) is 4.66. The minimum atomic E-state index is -0.423. The van der Waals surface area contributed by atoms with Crippen molar-refractivity contribution >= 4 is 11.7 Å². The first-order valence-electron chi connectivity index (χ1n) is 6.39. The third-order valence-electron chi connectivity index (χ3n) is 2.96. The van der Waals surface area contributed by atoms with Gasteiger partial charge in [-0.3, -0.25) is 0 Å². The van der Waals surface area contributed by atoms with Gasteiger partial charge in [-0.05, 0) is 24.3 Å². The van der Waals surface area contributed by atoms with Gasteiger partial charge in [0, 0.05) is 13.1 Å². The Labute approximate surface area is 123 Å². The Bertz CT molecular complexity index is 613. The van der Waals surface area contributed by atoms with Crippen LogP contribution in [0.5, 0.6) is 11.5 Å². The maximum Gasteiger partial charge on any atom is 0.363 e. The van der Waals surface area contributed by atoms with Crippen molar-refractivity contribution in [1.29, 1.82) is 0 Å². The number of anilines is 1. The molecule has 2 aromatic carbocycles. The van der Waals surface area contributed by atoms with E-state index < -0.39 is 5.97 Å². The summed E-state index contributed by atoms with van der Waals surface area (Å²) in [4.78, 5) is 17.3. The summed E-state index contributed by atoms with van der Waals surface area (Å²) in [6.45, 7) is 0. The highest BCUT2D eigenvalue weighted by molar-refractivity contribution is 5.89. The fourth-order valence-electron chi connectivity index (χ4n) is 1.82. The molecule has 21 heavy (non-hydrogen) atoms. The number of hydroxylamine groups is 1. The van der Waals surface area contributed by atoms with E-state index in [1.54, 1.807) is 63.7 Å². The predicted molar refractivity (Wildman–Crippen MR) is 79.8 cm³/mol. The van der Waals surface area contributed by atoms with Gasteiger partial charge in [-0.25, -0.2) is 9.86 Å². The largest absolute Gasteiger partial charge is 0.493 e. The molecule has 0 radical (unpaired) electrons. The minimum Gasteiger partial charge on any atom is -0.493 e. The first kappa shape index (κ1) is 14.7. The van der Waals surface area contributed by atoms with E-state index in [-0.39, 0.29) is 0 Å². The van der Waals surface area contributed by atoms with Crippen LogP contribution in [0, 0.1) is 0 Å². The lowest BCUT2D eigenvalue weighted by atomic mass is 10.2. The second-order valence-corrected chi connectivity index (χ2v) is 4.28. The first-order valence-corrected chi connectivity index (χ1v) is 6.39. The van der Waals surface area contributed by atoms with Crippen LogP contribution in [0.25, 0.3) is 0 Å². The highest BCUT2D eigenvalue weighted by atomic mass is 16.7. The molecule has 0 saturated carbocycles. The van der Waals surface area contributed by atoms with E-state index in [9.17, 15) is 4.79 Å². The molecule has 0 aromatic heterocycles. The molecule has 0 fully saturated rings. The molecule has 0 bridgehead atoms. The van der Waals surface area contributed by atoms with Gasteiger partial charge in [0.1, 0.15) is 0 Å². The highest BCUT2D eigenvalue weighted by Crippen LogP contribution is 2.31. The van der Waals surface area contributed by atoms with E-state index >= 15 is 0 Å². The fourth-order valence-corrected chi connectivity index (χ4v) is 1.82. The van der Waals surface area contributed by atoms with Crippen molar-refractivity contribution in [2.75, 3.05) is 26.3 Å². The van der Waals surface area contributed by atoms with Gasteiger partial charge in [-0.2, -0.15) is 0 Å². The first-order chi connectivity index (χ1) is 10.2. The van der Waals surface area contributed by atoms with Crippen LogP contribution in [0.1, 0.15) is 10.4 Å². The van der Waals surface area contributed by atoms with Crippen LogP contribution in [0.4, 0.5) is 5.69 Å². The Balaban J connectivity index is 2.13. The molecule has 110 valence electrons. The summed E-state index contributed by atoms with van der Waals surface area (Å²) in [7, 11) is 4.77. The molecule has 5 heteroatoms. The third kappa shape index (κ3) is 3.45. The fraction of sp³-hybridized carbons (Fsp3) is 0.188. The molecule has 2 aromatic rings. The maximum atomic E-state index is 12.0. The van der Waals surface area contributed by atoms with Gasteiger partial charge in [0.15, 0.2) is 11.5 Å². The molecule has 0 heterocycles. The number of carbonyl (C=O) groups is 1. The van der Waals surface area contributed by atoms with Gasteiger partial charge in [-0.15, -0.1) is 0 Å². The van der Waals surface area contributed by atoms with Crippen LogP contribution in [0.2, 0.25) is 0 Å². The van der Waals surface area contributed by atoms with E-state index in [1.807, 2.05) is 6.07 Å². The number of carbonyl (C=O) groups excluding carboxylic acids is 1. The lowest BCUT2D eigenvalue weighted by Gasteiger charge is -2.19. The molecule has 0 aliphatic heterocycles. The molecule has 0 unspecified atom stereocenters. The number of nitrogens with zero attached hydrogens (tertiary/aromatic N) is 1. The van der Waals surface area contributed by atoms with E-state index in [1.165, 1.54) is 5.06 Å². The van der Waals surface area contributed by atoms with Crippen LogP contribution in [0.3, 0.4) is 0 Å². The topological polar surface area (TPSA) is 48.0 Å². The van der Waals surface area contributed by atoms with E-state index in [2.05, 4.69) is 0 Å². The molecule has 2 rings (SSSR count). The molecule has 0 aliphatic carbocycles. The summed E-state index contributed by atoms with van der Waals surface area (Å²) in [6, 6.07) is 14.1. The Morgan fingerprint density at radius 3 is 2.24 bits per heavy atom. The third-order valence-corrected chi connectivity index (χ3v) is 2.96. The van der Waals surface area contributed by atoms with Crippen LogP contribution < -0.4 is 14.5 Å². The number of hydrogen-bond acceptors (Lipinski definition) is 5. The van der Waals surface area contributed by atoms with Crippen molar-refractivity contribution in [1.82, 2.24) is 0 Å². The predicted octanol–water partition coefficient (Wildman–Crippen LogP) is 2.91. The summed E-state index contributed by atoms with van der Waals surface area (Å²) in [5.41, 5.74) is 1.17. The van der Waals surface area contributed by atoms with Crippen LogP contribution in [-0.4, -0.2) is 27.2 Å². The quantitative estimate of drug-likeness (QED) is 0.791. The second kappa shape index (κ2) is 6.65. The standard InChI is InChI=1S/C16H17NO4/c1-17(21-16(18)12-7-5-4-6-8-12)13-9-10-14(19-2)15(11-13)20-3/h4-11H,1-3H3. The summed E-state index contributed by atoms with van der Waals surface area (Å²) < 4.78 is 10.4. The zero-order valence-corrected chi connectivity index (χ0v) is 12.2. The SMILES string of the molecule is COc1ccc(N(C)OC(=O)c2ccccc2)cc1OC. The Morgan fingerprint density at radius 1 is 0.952 bits per heavy atom. The van der Waals surface area contributed by atoms with E-state index in [0.29, 0.717) is 22.7 Å². The molecule has 5 nitrogen and oxygen atoms in total. The van der Waals surface area contributed by atoms with Crippen LogP contribution in [0.15, 0.2) is 48.5 Å². The minimum absolute atomic E-state index is 0.423. The zero-order valence-electron chi connectivity index (χ0n) is 12.2. The van der Waals surface area contributed by atoms with Gasteiger partial charge in [-0.1, -0.05) is 18.2 Å². The summed E-state index contributed by atoms with van der Waals surface area (Å²) in [6.07, 6.45) is 0. The monoisotopic (exact) mass is 287 g/mol. The molecular formula is C16H17NO4. The summed E-state index contributed by atoms with van der Waals surface area (Å²) >= 11 is 0. The van der Waals surface area contributed by atoms with Gasteiger partial charge in [0.2, 0.25) is 0 Å². The lowest BCUT2D eigenvalue weighted by molar-refractivity contribution is 0.0478. The summed E-state index contributed by atoms with van der Waals surface area (Å²) in [5.74, 6) is 0.759. The second-order valence-electron chi connectivity index (χ2n) is 4.28. The molecule has 0 spiro atoms. The number of ether oxygens (including phenoxy) is 2. The highest BCUT2D eigenvalue weighted by Gasteiger charge is 2.13. The van der Waals surface area contributed by atoms with Gasteiger partial charge in [0.25, 0.3) is 0 Å². The van der Waals surface area contributed by atoms with Gasteiger partial charge in [0.05, 0.1) is 25.5 Å². The molecule has 0 amide bonds. The number of methoxy groups -OCH3 is 2. The molecule has 0 atom stereocenters. The number of rotatable bonds is 5. The van der Waals surface area contributed by atoms with Crippen molar-refractivity contribution in [3.05, 3.63) is 54.1 Å².